The summed E-state index contributed by atoms with van der Waals surface area (Å²) in [5, 5.41) is 11.7. The minimum Gasteiger partial charge on any atom is -0.356 e. The molecule has 0 aliphatic carbocycles. The highest BCUT2D eigenvalue weighted by molar-refractivity contribution is 5.86. The zero-order chi connectivity index (χ0) is 15.0. The van der Waals surface area contributed by atoms with Gasteiger partial charge in [0.1, 0.15) is 5.82 Å². The number of piperidine rings is 1. The predicted octanol–water partition coefficient (Wildman–Crippen LogP) is 3.69. The molecular weight excluding hydrogens is 266 g/mol. The van der Waals surface area contributed by atoms with E-state index in [-0.39, 0.29) is 10.6 Å². The minimum absolute atomic E-state index is 0.117. The summed E-state index contributed by atoms with van der Waals surface area (Å²) in [5.41, 5.74) is 1.98. The molecule has 21 heavy (non-hydrogen) atoms. The summed E-state index contributed by atoms with van der Waals surface area (Å²) in [6.45, 7) is 6.33. The van der Waals surface area contributed by atoms with E-state index in [0.29, 0.717) is 5.92 Å². The first kappa shape index (κ1) is 13.8. The number of fused-ring (bicyclic) bond motifs is 1. The first-order valence-electron chi connectivity index (χ1n) is 7.35. The van der Waals surface area contributed by atoms with Gasteiger partial charge in [0, 0.05) is 30.6 Å². The Bertz CT molecular complexity index is 699. The molecule has 0 radical (unpaired) electrons. The highest BCUT2D eigenvalue weighted by atomic mass is 16.6. The summed E-state index contributed by atoms with van der Waals surface area (Å²) in [7, 11) is 0. The fourth-order valence-electron chi connectivity index (χ4n) is 3.04. The van der Waals surface area contributed by atoms with Gasteiger partial charge in [-0.2, -0.15) is 0 Å². The van der Waals surface area contributed by atoms with Crippen molar-refractivity contribution in [3.63, 3.8) is 0 Å². The topological polar surface area (TPSA) is 59.3 Å². The Balaban J connectivity index is 2.03. The van der Waals surface area contributed by atoms with Gasteiger partial charge in [-0.05, 0) is 43.4 Å². The maximum Gasteiger partial charge on any atom is 0.270 e. The second-order valence-corrected chi connectivity index (χ2v) is 5.95. The Labute approximate surface area is 123 Å². The van der Waals surface area contributed by atoms with Gasteiger partial charge in [-0.3, -0.25) is 10.1 Å². The van der Waals surface area contributed by atoms with Gasteiger partial charge in [-0.15, -0.1) is 0 Å². The molecule has 1 fully saturated rings. The zero-order valence-corrected chi connectivity index (χ0v) is 12.4. The van der Waals surface area contributed by atoms with Gasteiger partial charge < -0.3 is 4.90 Å². The van der Waals surface area contributed by atoms with Gasteiger partial charge in [-0.1, -0.05) is 6.92 Å². The number of rotatable bonds is 2. The second-order valence-electron chi connectivity index (χ2n) is 5.95. The molecule has 1 saturated heterocycles. The number of hydrogen-bond acceptors (Lipinski definition) is 4. The molecule has 0 bridgehead atoms. The second kappa shape index (κ2) is 5.31. The summed E-state index contributed by atoms with van der Waals surface area (Å²) in [6, 6.07) is 6.93. The number of non-ortho nitro benzene ring substituents is 1. The van der Waals surface area contributed by atoms with Gasteiger partial charge >= 0.3 is 0 Å². The molecule has 0 amide bonds. The molecule has 5 nitrogen and oxygen atoms in total. The van der Waals surface area contributed by atoms with Crippen molar-refractivity contribution < 1.29 is 4.92 Å². The van der Waals surface area contributed by atoms with Crippen LogP contribution in [-0.2, 0) is 0 Å². The number of benzene rings is 1. The summed E-state index contributed by atoms with van der Waals surface area (Å²) in [6.07, 6.45) is 2.47. The van der Waals surface area contributed by atoms with E-state index in [9.17, 15) is 10.1 Å². The van der Waals surface area contributed by atoms with Crippen molar-refractivity contribution >= 4 is 22.4 Å². The molecule has 0 spiro atoms. The average molecular weight is 285 g/mol. The summed E-state index contributed by atoms with van der Waals surface area (Å²) in [4.78, 5) is 17.5. The van der Waals surface area contributed by atoms with E-state index in [1.54, 1.807) is 12.1 Å². The smallest absolute Gasteiger partial charge is 0.270 e. The van der Waals surface area contributed by atoms with Crippen LogP contribution in [0.1, 0.15) is 25.3 Å². The molecule has 3 rings (SSSR count). The summed E-state index contributed by atoms with van der Waals surface area (Å²) >= 11 is 0. The highest BCUT2D eigenvalue weighted by Crippen LogP contribution is 2.28. The van der Waals surface area contributed by atoms with Crippen molar-refractivity contribution in [2.75, 3.05) is 18.0 Å². The van der Waals surface area contributed by atoms with E-state index in [2.05, 4.69) is 11.8 Å². The fraction of sp³-hybridized carbons (Fsp3) is 0.438. The monoisotopic (exact) mass is 285 g/mol. The van der Waals surface area contributed by atoms with Crippen LogP contribution in [0, 0.1) is 23.0 Å². The summed E-state index contributed by atoms with van der Waals surface area (Å²) in [5.74, 6) is 1.67. The molecule has 2 heterocycles. The number of nitro groups is 1. The Kier molecular flexibility index (Phi) is 3.49. The van der Waals surface area contributed by atoms with Gasteiger partial charge in [0.05, 0.1) is 10.4 Å². The minimum atomic E-state index is -0.362. The van der Waals surface area contributed by atoms with E-state index >= 15 is 0 Å². The van der Waals surface area contributed by atoms with Crippen LogP contribution >= 0.6 is 0 Å². The lowest BCUT2D eigenvalue weighted by atomic mass is 10.00. The molecule has 1 aliphatic heterocycles. The molecule has 1 aliphatic rings. The van der Waals surface area contributed by atoms with Crippen LogP contribution in [0.5, 0.6) is 0 Å². The van der Waals surface area contributed by atoms with E-state index in [1.165, 1.54) is 18.9 Å². The van der Waals surface area contributed by atoms with Crippen LogP contribution in [0.25, 0.3) is 10.9 Å². The van der Waals surface area contributed by atoms with Crippen LogP contribution < -0.4 is 4.90 Å². The molecule has 1 atom stereocenters. The number of nitro benzene ring substituents is 1. The molecule has 5 heteroatoms. The molecule has 110 valence electrons. The standard InChI is InChI=1S/C16H19N3O2/c1-11-4-3-7-18(10-11)16-8-12(2)14-9-13(19(20)21)5-6-15(14)17-16/h5-6,8-9,11H,3-4,7,10H2,1-2H3. The third kappa shape index (κ3) is 2.68. The van der Waals surface area contributed by atoms with E-state index < -0.39 is 0 Å². The Hall–Kier alpha value is -2.17. The van der Waals surface area contributed by atoms with Crippen molar-refractivity contribution in [1.82, 2.24) is 4.98 Å². The Morgan fingerprint density at radius 3 is 2.90 bits per heavy atom. The molecule has 2 aromatic rings. The lowest BCUT2D eigenvalue weighted by Gasteiger charge is -2.32. The number of nitrogens with zero attached hydrogens (tertiary/aromatic N) is 3. The zero-order valence-electron chi connectivity index (χ0n) is 12.4. The average Bonchev–Trinajstić information content (AvgIpc) is 2.46. The lowest BCUT2D eigenvalue weighted by molar-refractivity contribution is -0.384. The van der Waals surface area contributed by atoms with E-state index in [1.807, 2.05) is 13.0 Å². The number of anilines is 1. The first-order chi connectivity index (χ1) is 10.0. The van der Waals surface area contributed by atoms with Gasteiger partial charge in [0.2, 0.25) is 0 Å². The Morgan fingerprint density at radius 2 is 2.19 bits per heavy atom. The molecule has 0 N–H and O–H groups in total. The molecule has 0 saturated carbocycles. The van der Waals surface area contributed by atoms with Crippen molar-refractivity contribution in [3.05, 3.63) is 39.9 Å². The van der Waals surface area contributed by atoms with E-state index in [0.717, 1.165) is 35.4 Å². The van der Waals surface area contributed by atoms with Crippen molar-refractivity contribution in [2.24, 2.45) is 5.92 Å². The van der Waals surface area contributed by atoms with E-state index in [4.69, 9.17) is 4.98 Å². The molecule has 1 unspecified atom stereocenters. The molecule has 1 aromatic heterocycles. The third-order valence-corrected chi connectivity index (χ3v) is 4.18. The third-order valence-electron chi connectivity index (χ3n) is 4.18. The summed E-state index contributed by atoms with van der Waals surface area (Å²) < 4.78 is 0. The van der Waals surface area contributed by atoms with Crippen LogP contribution in [0.2, 0.25) is 0 Å². The Morgan fingerprint density at radius 1 is 1.38 bits per heavy atom. The van der Waals surface area contributed by atoms with Crippen molar-refractivity contribution in [3.8, 4) is 0 Å². The van der Waals surface area contributed by atoms with Gasteiger partial charge in [-0.25, -0.2) is 4.98 Å². The molecular formula is C16H19N3O2. The van der Waals surface area contributed by atoms with Crippen LogP contribution in [0.4, 0.5) is 11.5 Å². The van der Waals surface area contributed by atoms with Crippen molar-refractivity contribution in [1.29, 1.82) is 0 Å². The molecule has 1 aromatic carbocycles. The fourth-order valence-corrected chi connectivity index (χ4v) is 3.04. The lowest BCUT2D eigenvalue weighted by Crippen LogP contribution is -2.34. The predicted molar refractivity (Wildman–Crippen MR) is 83.7 cm³/mol. The maximum absolute atomic E-state index is 10.9. The number of aryl methyl sites for hydroxylation is 1. The number of hydrogen-bond donors (Lipinski definition) is 0. The van der Waals surface area contributed by atoms with Crippen LogP contribution in [0.3, 0.4) is 0 Å². The van der Waals surface area contributed by atoms with Crippen LogP contribution in [0.15, 0.2) is 24.3 Å². The largest absolute Gasteiger partial charge is 0.356 e. The quantitative estimate of drug-likeness (QED) is 0.623. The SMILES string of the molecule is Cc1cc(N2CCCC(C)C2)nc2ccc([N+](=O)[O-])cc12. The van der Waals surface area contributed by atoms with Gasteiger partial charge in [0.25, 0.3) is 5.69 Å². The highest BCUT2D eigenvalue weighted by Gasteiger charge is 2.19. The normalized spacial score (nSPS) is 19.0. The van der Waals surface area contributed by atoms with Crippen LogP contribution in [-0.4, -0.2) is 23.0 Å². The first-order valence-corrected chi connectivity index (χ1v) is 7.35. The van der Waals surface area contributed by atoms with Gasteiger partial charge in [0.15, 0.2) is 0 Å². The maximum atomic E-state index is 10.9. The van der Waals surface area contributed by atoms with Crippen molar-refractivity contribution in [2.45, 2.75) is 26.7 Å². The number of aromatic nitrogens is 1. The number of pyridine rings is 1.